The summed E-state index contributed by atoms with van der Waals surface area (Å²) in [6.07, 6.45) is 2.84. The molecule has 9 atom stereocenters. The van der Waals surface area contributed by atoms with E-state index < -0.39 is 29.7 Å². The van der Waals surface area contributed by atoms with Crippen molar-refractivity contribution >= 4 is 11.9 Å². The minimum atomic E-state index is -0.876. The number of ether oxygens (including phenoxy) is 2. The molecule has 0 amide bonds. The summed E-state index contributed by atoms with van der Waals surface area (Å²) >= 11 is 0. The van der Waals surface area contributed by atoms with E-state index in [2.05, 4.69) is 37.3 Å². The molecule has 1 aromatic carbocycles. The van der Waals surface area contributed by atoms with Crippen LogP contribution in [0.4, 0.5) is 0 Å². The molecule has 1 spiro atoms. The van der Waals surface area contributed by atoms with E-state index in [1.54, 1.807) is 6.07 Å². The molecule has 0 saturated carbocycles. The first-order valence-electron chi connectivity index (χ1n) is 17.9. The minimum absolute atomic E-state index is 0.0283. The number of aliphatic hydroxyl groups is 2. The summed E-state index contributed by atoms with van der Waals surface area (Å²) < 4.78 is 12.0. The second kappa shape index (κ2) is 15.6. The van der Waals surface area contributed by atoms with Crippen molar-refractivity contribution in [1.29, 1.82) is 0 Å². The van der Waals surface area contributed by atoms with Crippen molar-refractivity contribution in [2.45, 2.75) is 82.7 Å². The average molecular weight is 667 g/mol. The summed E-state index contributed by atoms with van der Waals surface area (Å²) in [4.78, 5) is 21.7. The Kier molecular flexibility index (Phi) is 11.3. The van der Waals surface area contributed by atoms with Gasteiger partial charge >= 0.3 is 5.97 Å². The van der Waals surface area contributed by atoms with Crippen LogP contribution in [0.2, 0.25) is 0 Å². The number of benzene rings is 1. The molecule has 2 unspecified atom stereocenters. The SMILES string of the molecule is CC(=O)O[C@H]1C[C@@H](O)CC[C@]2(C#CC[C@H]1Cc1ccc(O)c(OC3CCNCC3)c1)CNC(N)=NCN1C[C@H]3C[C@@H](C1)CN(C3)C[C@H]2O. The van der Waals surface area contributed by atoms with Crippen LogP contribution in [0.1, 0.15) is 57.4 Å². The third kappa shape index (κ3) is 8.93. The van der Waals surface area contributed by atoms with E-state index in [1.807, 2.05) is 12.1 Å². The van der Waals surface area contributed by atoms with Gasteiger partial charge in [-0.05, 0) is 81.1 Å². The van der Waals surface area contributed by atoms with Gasteiger partial charge in [0.1, 0.15) is 12.2 Å². The monoisotopic (exact) mass is 666 g/mol. The molecule has 48 heavy (non-hydrogen) atoms. The molecule has 4 bridgehead atoms. The number of esters is 1. The maximum absolute atomic E-state index is 12.3. The quantitative estimate of drug-likeness (QED) is 0.196. The predicted octanol–water partition coefficient (Wildman–Crippen LogP) is 1.03. The molecule has 6 aliphatic rings. The Morgan fingerprint density at radius 1 is 1.08 bits per heavy atom. The number of rotatable bonds is 5. The average Bonchev–Trinajstić information content (AvgIpc) is 3.05. The van der Waals surface area contributed by atoms with Gasteiger partial charge in [0.15, 0.2) is 17.5 Å². The number of fused-ring (bicyclic) bond motifs is 4. The van der Waals surface area contributed by atoms with E-state index in [9.17, 15) is 20.1 Å². The fourth-order valence-electron chi connectivity index (χ4n) is 8.45. The summed E-state index contributed by atoms with van der Waals surface area (Å²) in [6.45, 7) is 8.33. The van der Waals surface area contributed by atoms with Crippen molar-refractivity contribution in [3.63, 3.8) is 0 Å². The Hall–Kier alpha value is -3.08. The van der Waals surface area contributed by atoms with Crippen molar-refractivity contribution in [2.75, 3.05) is 59.0 Å². The normalized spacial score (nSPS) is 36.3. The number of piperidine rings is 3. The molecule has 12 heteroatoms. The topological polar surface area (TPSA) is 165 Å². The lowest BCUT2D eigenvalue weighted by Crippen LogP contribution is -2.56. The molecule has 0 aromatic heterocycles. The molecular weight excluding hydrogens is 612 g/mol. The highest BCUT2D eigenvalue weighted by atomic mass is 16.5. The van der Waals surface area contributed by atoms with Gasteiger partial charge in [-0.25, -0.2) is 4.99 Å². The highest BCUT2D eigenvalue weighted by molar-refractivity contribution is 5.77. The van der Waals surface area contributed by atoms with Crippen LogP contribution in [0.25, 0.3) is 0 Å². The van der Waals surface area contributed by atoms with Crippen LogP contribution in [0.5, 0.6) is 11.5 Å². The molecule has 7 rings (SSSR count). The van der Waals surface area contributed by atoms with E-state index in [4.69, 9.17) is 15.2 Å². The van der Waals surface area contributed by atoms with Gasteiger partial charge in [-0.2, -0.15) is 0 Å². The smallest absolute Gasteiger partial charge is 0.302 e. The number of hydrogen-bond acceptors (Lipinski definition) is 12. The van der Waals surface area contributed by atoms with Crippen LogP contribution in [0.3, 0.4) is 0 Å². The molecule has 12 nitrogen and oxygen atoms in total. The van der Waals surface area contributed by atoms with E-state index in [-0.39, 0.29) is 24.2 Å². The number of aliphatic imine (C=N–C) groups is 1. The van der Waals surface area contributed by atoms with Crippen LogP contribution in [0.15, 0.2) is 23.2 Å². The van der Waals surface area contributed by atoms with E-state index in [0.29, 0.717) is 69.0 Å². The summed E-state index contributed by atoms with van der Waals surface area (Å²) in [5.74, 6) is 8.20. The van der Waals surface area contributed by atoms with Gasteiger partial charge in [-0.15, -0.1) is 5.92 Å². The summed E-state index contributed by atoms with van der Waals surface area (Å²) in [7, 11) is 0. The minimum Gasteiger partial charge on any atom is -0.504 e. The van der Waals surface area contributed by atoms with Crippen molar-refractivity contribution < 1.29 is 29.6 Å². The van der Waals surface area contributed by atoms with Gasteiger partial charge in [0.25, 0.3) is 0 Å². The fraction of sp³-hybridized carbons (Fsp3) is 0.722. The van der Waals surface area contributed by atoms with E-state index in [0.717, 1.165) is 57.7 Å². The van der Waals surface area contributed by atoms with Gasteiger partial charge < -0.3 is 46.1 Å². The number of nitrogens with zero attached hydrogens (tertiary/aromatic N) is 3. The molecule has 5 heterocycles. The Morgan fingerprint density at radius 3 is 2.58 bits per heavy atom. The number of hydrogen-bond donors (Lipinski definition) is 6. The Morgan fingerprint density at radius 2 is 1.83 bits per heavy atom. The molecular formula is C36H54N6O6. The van der Waals surface area contributed by atoms with Gasteiger partial charge in [0.2, 0.25) is 0 Å². The van der Waals surface area contributed by atoms with Crippen molar-refractivity contribution in [3.8, 4) is 23.3 Å². The maximum Gasteiger partial charge on any atom is 0.302 e. The van der Waals surface area contributed by atoms with E-state index >= 15 is 0 Å². The predicted molar refractivity (Wildman–Crippen MR) is 182 cm³/mol. The largest absolute Gasteiger partial charge is 0.504 e. The standard InChI is InChI=1S/C36H54N6O6/c1-24(43)47-32-16-29(44)6-10-36(22-39-35(37)40-23-42-19-26-13-27(20-42)18-41(17-26)21-34(36)46)9-2-3-28(32)14-25-4-5-31(45)33(15-25)48-30-7-11-38-12-8-30/h4-5,15,26-30,32,34,38,44-46H,3,6-8,10-14,16-23H2,1H3,(H3,37,39,40)/t26-,27+,28-,29-,32-,34+,36+/m0/s1. The second-order valence-electron chi connectivity index (χ2n) is 14.8. The van der Waals surface area contributed by atoms with Crippen molar-refractivity contribution in [3.05, 3.63) is 23.8 Å². The third-order valence-corrected chi connectivity index (χ3v) is 10.9. The lowest BCUT2D eigenvalue weighted by atomic mass is 9.75. The molecule has 3 fully saturated rings. The molecule has 7 N–H and O–H groups in total. The molecule has 1 aromatic rings. The first-order valence-corrected chi connectivity index (χ1v) is 17.9. The van der Waals surface area contributed by atoms with Crippen LogP contribution >= 0.6 is 0 Å². The van der Waals surface area contributed by atoms with Crippen LogP contribution < -0.4 is 21.1 Å². The zero-order chi connectivity index (χ0) is 33.7. The molecule has 1 aliphatic carbocycles. The summed E-state index contributed by atoms with van der Waals surface area (Å²) in [5, 5.41) is 40.6. The third-order valence-electron chi connectivity index (χ3n) is 10.9. The Balaban J connectivity index is 1.27. The number of aliphatic hydroxyl groups excluding tert-OH is 2. The zero-order valence-corrected chi connectivity index (χ0v) is 28.3. The van der Waals surface area contributed by atoms with E-state index in [1.165, 1.54) is 13.3 Å². The highest BCUT2D eigenvalue weighted by Gasteiger charge is 2.42. The van der Waals surface area contributed by atoms with Crippen molar-refractivity contribution in [2.24, 2.45) is 33.9 Å². The highest BCUT2D eigenvalue weighted by Crippen LogP contribution is 2.36. The lowest BCUT2D eigenvalue weighted by Gasteiger charge is -2.46. The van der Waals surface area contributed by atoms with Crippen LogP contribution in [-0.4, -0.2) is 120 Å². The zero-order valence-electron chi connectivity index (χ0n) is 28.3. The van der Waals surface area contributed by atoms with Gasteiger partial charge in [0.05, 0.1) is 24.3 Å². The van der Waals surface area contributed by atoms with Crippen molar-refractivity contribution in [1.82, 2.24) is 20.4 Å². The van der Waals surface area contributed by atoms with Gasteiger partial charge in [0, 0.05) is 65.0 Å². The summed E-state index contributed by atoms with van der Waals surface area (Å²) in [5.41, 5.74) is 6.40. The first-order chi connectivity index (χ1) is 23.1. The first kappa shape index (κ1) is 34.8. The second-order valence-corrected chi connectivity index (χ2v) is 14.8. The maximum atomic E-state index is 12.3. The number of phenols is 1. The van der Waals surface area contributed by atoms with Gasteiger partial charge in [-0.3, -0.25) is 9.69 Å². The number of carbonyl (C=O) groups excluding carboxylic acids is 1. The lowest BCUT2D eigenvalue weighted by molar-refractivity contribution is -0.151. The molecule has 5 aliphatic heterocycles. The number of phenolic OH excluding ortho intramolecular Hbond substituents is 1. The molecule has 0 radical (unpaired) electrons. The van der Waals surface area contributed by atoms with Crippen LogP contribution in [0, 0.1) is 35.0 Å². The number of carbonyl (C=O) groups is 1. The number of nitrogens with one attached hydrogen (secondary N) is 2. The fourth-order valence-corrected chi connectivity index (χ4v) is 8.45. The Bertz CT molecular complexity index is 1350. The number of aromatic hydroxyl groups is 1. The number of guanidine groups is 1. The molecule has 264 valence electrons. The number of nitrogens with two attached hydrogens (primary N) is 1. The molecule has 3 saturated heterocycles. The van der Waals surface area contributed by atoms with Crippen LogP contribution in [-0.2, 0) is 16.0 Å². The Labute approximate surface area is 284 Å². The summed E-state index contributed by atoms with van der Waals surface area (Å²) in [6, 6.07) is 5.37. The van der Waals surface area contributed by atoms with Gasteiger partial charge in [-0.1, -0.05) is 12.0 Å².